The molecule has 0 aliphatic heterocycles. The van der Waals surface area contributed by atoms with Gasteiger partial charge in [0.1, 0.15) is 0 Å². The van der Waals surface area contributed by atoms with E-state index >= 15 is 0 Å². The molecule has 1 saturated carbocycles. The van der Waals surface area contributed by atoms with Crippen molar-refractivity contribution in [3.05, 3.63) is 12.3 Å². The van der Waals surface area contributed by atoms with Crippen LogP contribution >= 0.6 is 0 Å². The van der Waals surface area contributed by atoms with Crippen molar-refractivity contribution in [3.8, 4) is 0 Å². The van der Waals surface area contributed by atoms with Gasteiger partial charge in [-0.3, -0.25) is 9.48 Å². The number of nitrogens with zero attached hydrogens (tertiary/aromatic N) is 2. The second kappa shape index (κ2) is 5.52. The summed E-state index contributed by atoms with van der Waals surface area (Å²) < 4.78 is 1.84. The fourth-order valence-electron chi connectivity index (χ4n) is 2.30. The number of hydrogen-bond acceptors (Lipinski definition) is 3. The Morgan fingerprint density at radius 2 is 2.11 bits per heavy atom. The maximum atomic E-state index is 12.1. The van der Waals surface area contributed by atoms with Crippen LogP contribution in [0.2, 0.25) is 0 Å². The minimum Gasteiger partial charge on any atom is -0.328 e. The molecule has 5 heteroatoms. The number of amides is 1. The van der Waals surface area contributed by atoms with E-state index in [0.717, 1.165) is 25.7 Å². The van der Waals surface area contributed by atoms with Crippen molar-refractivity contribution in [2.45, 2.75) is 51.6 Å². The minimum absolute atomic E-state index is 0.0795. The molecule has 1 fully saturated rings. The summed E-state index contributed by atoms with van der Waals surface area (Å²) in [6.45, 7) is 4.11. The summed E-state index contributed by atoms with van der Waals surface area (Å²) in [5.74, 6) is 0.813. The lowest BCUT2D eigenvalue weighted by atomic mass is 9.86. The molecule has 0 unspecified atom stereocenters. The largest absolute Gasteiger partial charge is 0.328 e. The number of rotatable bonds is 3. The lowest BCUT2D eigenvalue weighted by molar-refractivity contribution is -0.120. The Labute approximate surface area is 108 Å². The van der Waals surface area contributed by atoms with E-state index in [0.29, 0.717) is 11.9 Å². The van der Waals surface area contributed by atoms with Gasteiger partial charge in [-0.2, -0.15) is 5.10 Å². The lowest BCUT2D eigenvalue weighted by Crippen LogP contribution is -2.32. The molecule has 0 radical (unpaired) electrons. The molecular weight excluding hydrogens is 228 g/mol. The van der Waals surface area contributed by atoms with Crippen molar-refractivity contribution in [2.75, 3.05) is 5.32 Å². The van der Waals surface area contributed by atoms with E-state index in [2.05, 4.69) is 24.3 Å². The Balaban J connectivity index is 1.90. The van der Waals surface area contributed by atoms with Crippen LogP contribution in [0.5, 0.6) is 0 Å². The number of aromatic nitrogens is 2. The summed E-state index contributed by atoms with van der Waals surface area (Å²) in [5, 5.41) is 7.21. The van der Waals surface area contributed by atoms with Gasteiger partial charge in [-0.25, -0.2) is 0 Å². The maximum Gasteiger partial charge on any atom is 0.228 e. The van der Waals surface area contributed by atoms with Crippen molar-refractivity contribution in [2.24, 2.45) is 11.7 Å². The van der Waals surface area contributed by atoms with Crippen LogP contribution in [0.25, 0.3) is 0 Å². The normalized spacial score (nSPS) is 24.2. The van der Waals surface area contributed by atoms with Gasteiger partial charge in [0.25, 0.3) is 0 Å². The van der Waals surface area contributed by atoms with Gasteiger partial charge in [-0.1, -0.05) is 0 Å². The molecule has 1 amide bonds. The maximum absolute atomic E-state index is 12.1. The Morgan fingerprint density at radius 3 is 2.67 bits per heavy atom. The standard InChI is InChI=1S/C13H22N4O/c1-9(2)17-8-7-12(16-17)15-13(18)10-3-5-11(14)6-4-10/h7-11H,3-6,14H2,1-2H3,(H,15,16,18). The molecule has 0 saturated heterocycles. The highest BCUT2D eigenvalue weighted by molar-refractivity contribution is 5.91. The summed E-state index contributed by atoms with van der Waals surface area (Å²) in [4.78, 5) is 12.1. The molecule has 1 aliphatic carbocycles. The molecule has 100 valence electrons. The Bertz CT molecular complexity index is 405. The topological polar surface area (TPSA) is 72.9 Å². The number of carbonyl (C=O) groups is 1. The highest BCUT2D eigenvalue weighted by Crippen LogP contribution is 2.24. The molecular formula is C13H22N4O. The van der Waals surface area contributed by atoms with Crippen molar-refractivity contribution >= 4 is 11.7 Å². The fraction of sp³-hybridized carbons (Fsp3) is 0.692. The van der Waals surface area contributed by atoms with Crippen LogP contribution in [0.3, 0.4) is 0 Å². The first-order chi connectivity index (χ1) is 8.56. The van der Waals surface area contributed by atoms with Crippen molar-refractivity contribution in [1.82, 2.24) is 9.78 Å². The van der Waals surface area contributed by atoms with Crippen LogP contribution < -0.4 is 11.1 Å². The van der Waals surface area contributed by atoms with Gasteiger partial charge in [-0.15, -0.1) is 0 Å². The molecule has 5 nitrogen and oxygen atoms in total. The van der Waals surface area contributed by atoms with Crippen LogP contribution in [0, 0.1) is 5.92 Å². The predicted molar refractivity (Wildman–Crippen MR) is 71.2 cm³/mol. The van der Waals surface area contributed by atoms with Gasteiger partial charge in [0.05, 0.1) is 0 Å². The second-order valence-corrected chi connectivity index (χ2v) is 5.38. The first kappa shape index (κ1) is 13.1. The highest BCUT2D eigenvalue weighted by atomic mass is 16.2. The van der Waals surface area contributed by atoms with Crippen LogP contribution in [0.15, 0.2) is 12.3 Å². The van der Waals surface area contributed by atoms with E-state index in [-0.39, 0.29) is 17.9 Å². The fourth-order valence-corrected chi connectivity index (χ4v) is 2.30. The number of nitrogens with two attached hydrogens (primary N) is 1. The monoisotopic (exact) mass is 250 g/mol. The molecule has 0 spiro atoms. The summed E-state index contributed by atoms with van der Waals surface area (Å²) >= 11 is 0. The van der Waals surface area contributed by atoms with Crippen molar-refractivity contribution in [1.29, 1.82) is 0 Å². The minimum atomic E-state index is 0.0795. The zero-order valence-electron chi connectivity index (χ0n) is 11.1. The van der Waals surface area contributed by atoms with Crippen LogP contribution in [0.1, 0.15) is 45.6 Å². The molecule has 0 atom stereocenters. The van der Waals surface area contributed by atoms with E-state index in [1.807, 2.05) is 16.9 Å². The van der Waals surface area contributed by atoms with E-state index in [1.54, 1.807) is 0 Å². The molecule has 1 aromatic heterocycles. The van der Waals surface area contributed by atoms with E-state index in [1.165, 1.54) is 0 Å². The van der Waals surface area contributed by atoms with Crippen LogP contribution in [-0.4, -0.2) is 21.7 Å². The van der Waals surface area contributed by atoms with Crippen LogP contribution in [0.4, 0.5) is 5.82 Å². The Morgan fingerprint density at radius 1 is 1.44 bits per heavy atom. The molecule has 1 aliphatic rings. The molecule has 3 N–H and O–H groups in total. The first-order valence-corrected chi connectivity index (χ1v) is 6.68. The molecule has 0 aromatic carbocycles. The smallest absolute Gasteiger partial charge is 0.228 e. The summed E-state index contributed by atoms with van der Waals surface area (Å²) in [5.41, 5.74) is 5.84. The van der Waals surface area contributed by atoms with Gasteiger partial charge < -0.3 is 11.1 Å². The van der Waals surface area contributed by atoms with Gasteiger partial charge in [0.15, 0.2) is 5.82 Å². The SMILES string of the molecule is CC(C)n1ccc(NC(=O)C2CCC(N)CC2)n1. The number of nitrogens with one attached hydrogen (secondary N) is 1. The summed E-state index contributed by atoms with van der Waals surface area (Å²) in [6.07, 6.45) is 5.55. The number of carbonyl (C=O) groups excluding carboxylic acids is 1. The molecule has 1 heterocycles. The van der Waals surface area contributed by atoms with E-state index in [4.69, 9.17) is 5.73 Å². The Hall–Kier alpha value is -1.36. The third kappa shape index (κ3) is 3.10. The van der Waals surface area contributed by atoms with Gasteiger partial charge >= 0.3 is 0 Å². The molecule has 0 bridgehead atoms. The zero-order chi connectivity index (χ0) is 13.1. The van der Waals surface area contributed by atoms with Crippen molar-refractivity contribution in [3.63, 3.8) is 0 Å². The summed E-state index contributed by atoms with van der Waals surface area (Å²) in [6, 6.07) is 2.42. The lowest BCUT2D eigenvalue weighted by Gasteiger charge is -2.24. The number of anilines is 1. The van der Waals surface area contributed by atoms with Gasteiger partial charge in [-0.05, 0) is 39.5 Å². The van der Waals surface area contributed by atoms with Gasteiger partial charge in [0, 0.05) is 30.3 Å². The predicted octanol–water partition coefficient (Wildman–Crippen LogP) is 1.92. The third-order valence-corrected chi connectivity index (χ3v) is 3.53. The molecule has 18 heavy (non-hydrogen) atoms. The molecule has 1 aromatic rings. The highest BCUT2D eigenvalue weighted by Gasteiger charge is 2.24. The quantitative estimate of drug-likeness (QED) is 0.860. The first-order valence-electron chi connectivity index (χ1n) is 6.68. The Kier molecular flexibility index (Phi) is 4.01. The van der Waals surface area contributed by atoms with E-state index < -0.39 is 0 Å². The molecule has 2 rings (SSSR count). The second-order valence-electron chi connectivity index (χ2n) is 5.38. The zero-order valence-corrected chi connectivity index (χ0v) is 11.1. The average molecular weight is 250 g/mol. The summed E-state index contributed by atoms with van der Waals surface area (Å²) in [7, 11) is 0. The van der Waals surface area contributed by atoms with Crippen LogP contribution in [-0.2, 0) is 4.79 Å². The average Bonchev–Trinajstić information content (AvgIpc) is 2.78. The van der Waals surface area contributed by atoms with Gasteiger partial charge in [0.2, 0.25) is 5.91 Å². The van der Waals surface area contributed by atoms with Crippen molar-refractivity contribution < 1.29 is 4.79 Å². The number of hydrogen-bond donors (Lipinski definition) is 2. The van der Waals surface area contributed by atoms with E-state index in [9.17, 15) is 4.79 Å². The third-order valence-electron chi connectivity index (χ3n) is 3.53.